The van der Waals surface area contributed by atoms with E-state index in [1.807, 2.05) is 31.2 Å². The highest BCUT2D eigenvalue weighted by Gasteiger charge is 2.19. The van der Waals surface area contributed by atoms with Crippen LogP contribution in [-0.4, -0.2) is 35.1 Å². The Morgan fingerprint density at radius 1 is 1.17 bits per heavy atom. The summed E-state index contributed by atoms with van der Waals surface area (Å²) < 4.78 is 13.9. The van der Waals surface area contributed by atoms with Gasteiger partial charge in [0.05, 0.1) is 5.52 Å². The molecule has 24 heavy (non-hydrogen) atoms. The van der Waals surface area contributed by atoms with E-state index in [2.05, 4.69) is 17.1 Å². The van der Waals surface area contributed by atoms with Crippen LogP contribution in [0.25, 0.3) is 10.9 Å². The number of fused-ring (bicyclic) bond motifs is 1. The zero-order chi connectivity index (χ0) is 17.1. The summed E-state index contributed by atoms with van der Waals surface area (Å²) in [4.78, 5) is 18.5. The summed E-state index contributed by atoms with van der Waals surface area (Å²) in [5.41, 5.74) is 1.64. The molecular weight excluding hydrogens is 323 g/mol. The van der Waals surface area contributed by atoms with E-state index in [1.54, 1.807) is 29.8 Å². The highest BCUT2D eigenvalue weighted by Crippen LogP contribution is 2.25. The van der Waals surface area contributed by atoms with Crippen molar-refractivity contribution in [3.05, 3.63) is 65.6 Å². The van der Waals surface area contributed by atoms with Gasteiger partial charge in [0.25, 0.3) is 5.91 Å². The Morgan fingerprint density at radius 2 is 1.92 bits per heavy atom. The number of hydrogen-bond acceptors (Lipinski definition) is 2. The van der Waals surface area contributed by atoms with Gasteiger partial charge in [0.2, 0.25) is 0 Å². The molecule has 0 aliphatic heterocycles. The van der Waals surface area contributed by atoms with Gasteiger partial charge in [-0.3, -0.25) is 4.79 Å². The molecule has 0 unspecified atom stereocenters. The van der Waals surface area contributed by atoms with Crippen molar-refractivity contribution < 1.29 is 9.18 Å². The smallest absolute Gasteiger partial charge is 0.270 e. The molecule has 3 nitrogen and oxygen atoms in total. The van der Waals surface area contributed by atoms with E-state index in [0.717, 1.165) is 16.7 Å². The highest BCUT2D eigenvalue weighted by atomic mass is 32.2. The van der Waals surface area contributed by atoms with E-state index in [4.69, 9.17) is 0 Å². The minimum Gasteiger partial charge on any atom is -0.348 e. The number of halogens is 1. The average Bonchev–Trinajstić information content (AvgIpc) is 2.93. The topological polar surface area (TPSA) is 36.1 Å². The first-order chi connectivity index (χ1) is 11.6. The molecule has 3 rings (SSSR count). The summed E-state index contributed by atoms with van der Waals surface area (Å²) in [7, 11) is 1.77. The molecule has 0 fully saturated rings. The molecule has 0 aliphatic rings. The van der Waals surface area contributed by atoms with Gasteiger partial charge in [-0.1, -0.05) is 30.3 Å². The normalized spacial score (nSPS) is 11.0. The lowest BCUT2D eigenvalue weighted by Crippen LogP contribution is -2.29. The van der Waals surface area contributed by atoms with Crippen molar-refractivity contribution in [3.8, 4) is 0 Å². The van der Waals surface area contributed by atoms with Gasteiger partial charge in [-0.2, -0.15) is 0 Å². The fourth-order valence-electron chi connectivity index (χ4n) is 2.64. The molecular formula is C19H19FN2OS. The zero-order valence-corrected chi connectivity index (χ0v) is 14.5. The number of carbonyl (C=O) groups excluding carboxylic acids is 1. The monoisotopic (exact) mass is 342 g/mol. The van der Waals surface area contributed by atoms with Gasteiger partial charge in [-0.15, -0.1) is 11.8 Å². The van der Waals surface area contributed by atoms with E-state index >= 15 is 0 Å². The number of aromatic amines is 1. The molecule has 0 saturated carbocycles. The number of amides is 1. The summed E-state index contributed by atoms with van der Waals surface area (Å²) in [5, 5.41) is 0.755. The summed E-state index contributed by atoms with van der Waals surface area (Å²) in [6.45, 7) is 2.47. The Morgan fingerprint density at radius 3 is 2.62 bits per heavy atom. The fraction of sp³-hybridized carbons (Fsp3) is 0.211. The average molecular weight is 342 g/mol. The Bertz CT molecular complexity index is 860. The molecule has 1 aromatic heterocycles. The number of H-pyrrole nitrogens is 1. The van der Waals surface area contributed by atoms with Crippen LogP contribution in [-0.2, 0) is 0 Å². The van der Waals surface area contributed by atoms with Crippen LogP contribution in [0.1, 0.15) is 16.1 Å². The first-order valence-corrected chi connectivity index (χ1v) is 8.76. The van der Waals surface area contributed by atoms with Crippen molar-refractivity contribution in [1.82, 2.24) is 9.88 Å². The predicted octanol–water partition coefficient (Wildman–Crippen LogP) is 4.48. The molecule has 2 aromatic carbocycles. The SMILES string of the molecule is Cc1c(C(=O)N(C)CCSc2ccccc2)[nH]c2c(F)cccc12. The lowest BCUT2D eigenvalue weighted by atomic mass is 10.1. The number of aryl methyl sites for hydroxylation is 1. The fourth-order valence-corrected chi connectivity index (χ4v) is 3.59. The van der Waals surface area contributed by atoms with Crippen molar-refractivity contribution >= 4 is 28.6 Å². The number of rotatable bonds is 5. The number of hydrogen-bond donors (Lipinski definition) is 1. The standard InChI is InChI=1S/C19H19FN2OS/c1-13-15-9-6-10-16(20)18(15)21-17(13)19(23)22(2)11-12-24-14-7-4-3-5-8-14/h3-10,21H,11-12H2,1-2H3. The predicted molar refractivity (Wildman–Crippen MR) is 97.1 cm³/mol. The Kier molecular flexibility index (Phi) is 4.90. The van der Waals surface area contributed by atoms with Gasteiger partial charge >= 0.3 is 0 Å². The molecule has 0 radical (unpaired) electrons. The molecule has 1 N–H and O–H groups in total. The van der Waals surface area contributed by atoms with Crippen LogP contribution >= 0.6 is 11.8 Å². The Hall–Kier alpha value is -2.27. The molecule has 124 valence electrons. The molecule has 1 heterocycles. The Balaban J connectivity index is 1.69. The Labute approximate surface area is 144 Å². The third-order valence-electron chi connectivity index (χ3n) is 4.04. The minimum atomic E-state index is -0.336. The van der Waals surface area contributed by atoms with Gasteiger partial charge in [0.1, 0.15) is 11.5 Å². The number of carbonyl (C=O) groups is 1. The summed E-state index contributed by atoms with van der Waals surface area (Å²) in [6, 6.07) is 15.0. The number of para-hydroxylation sites is 1. The lowest BCUT2D eigenvalue weighted by molar-refractivity contribution is 0.0798. The maximum Gasteiger partial charge on any atom is 0.270 e. The number of benzene rings is 2. The third-order valence-corrected chi connectivity index (χ3v) is 5.03. The minimum absolute atomic E-state index is 0.114. The molecule has 0 aliphatic carbocycles. The lowest BCUT2D eigenvalue weighted by Gasteiger charge is -2.16. The van der Waals surface area contributed by atoms with Gasteiger partial charge in [0, 0.05) is 29.6 Å². The van der Waals surface area contributed by atoms with E-state index < -0.39 is 0 Å². The van der Waals surface area contributed by atoms with E-state index in [-0.39, 0.29) is 11.7 Å². The molecule has 0 bridgehead atoms. The quantitative estimate of drug-likeness (QED) is 0.694. The second-order valence-electron chi connectivity index (χ2n) is 5.68. The number of nitrogens with zero attached hydrogens (tertiary/aromatic N) is 1. The van der Waals surface area contributed by atoms with Crippen LogP contribution in [0.15, 0.2) is 53.4 Å². The maximum atomic E-state index is 13.9. The van der Waals surface area contributed by atoms with Gasteiger partial charge in [-0.05, 0) is 30.7 Å². The largest absolute Gasteiger partial charge is 0.348 e. The number of thioether (sulfide) groups is 1. The van der Waals surface area contributed by atoms with Gasteiger partial charge in [0.15, 0.2) is 0 Å². The van der Waals surface area contributed by atoms with Crippen molar-refractivity contribution in [2.75, 3.05) is 19.3 Å². The van der Waals surface area contributed by atoms with E-state index in [0.29, 0.717) is 17.8 Å². The third kappa shape index (κ3) is 3.31. The van der Waals surface area contributed by atoms with Crippen molar-refractivity contribution in [2.24, 2.45) is 0 Å². The van der Waals surface area contributed by atoms with Gasteiger partial charge in [-0.25, -0.2) is 4.39 Å². The molecule has 3 aromatic rings. The van der Waals surface area contributed by atoms with E-state index in [1.165, 1.54) is 11.0 Å². The summed E-state index contributed by atoms with van der Waals surface area (Å²) >= 11 is 1.71. The molecule has 0 spiro atoms. The van der Waals surface area contributed by atoms with Crippen LogP contribution in [0.5, 0.6) is 0 Å². The molecule has 0 saturated heterocycles. The summed E-state index contributed by atoms with van der Waals surface area (Å²) in [5.74, 6) is 0.355. The number of aromatic nitrogens is 1. The van der Waals surface area contributed by atoms with Crippen LogP contribution in [0, 0.1) is 12.7 Å². The van der Waals surface area contributed by atoms with Crippen molar-refractivity contribution in [1.29, 1.82) is 0 Å². The van der Waals surface area contributed by atoms with E-state index in [9.17, 15) is 9.18 Å². The molecule has 0 atom stereocenters. The van der Waals surface area contributed by atoms with Crippen LogP contribution in [0.2, 0.25) is 0 Å². The van der Waals surface area contributed by atoms with Gasteiger partial charge < -0.3 is 9.88 Å². The maximum absolute atomic E-state index is 13.9. The molecule has 5 heteroatoms. The van der Waals surface area contributed by atoms with Crippen molar-refractivity contribution in [3.63, 3.8) is 0 Å². The second-order valence-corrected chi connectivity index (χ2v) is 6.84. The van der Waals surface area contributed by atoms with Crippen LogP contribution < -0.4 is 0 Å². The van der Waals surface area contributed by atoms with Crippen LogP contribution in [0.3, 0.4) is 0 Å². The van der Waals surface area contributed by atoms with Crippen LogP contribution in [0.4, 0.5) is 4.39 Å². The number of nitrogens with one attached hydrogen (secondary N) is 1. The van der Waals surface area contributed by atoms with Crippen molar-refractivity contribution in [2.45, 2.75) is 11.8 Å². The summed E-state index contributed by atoms with van der Waals surface area (Å²) in [6.07, 6.45) is 0. The highest BCUT2D eigenvalue weighted by molar-refractivity contribution is 7.99. The first kappa shape index (κ1) is 16.6. The second kappa shape index (κ2) is 7.09. The molecule has 1 amide bonds. The zero-order valence-electron chi connectivity index (χ0n) is 13.7. The first-order valence-electron chi connectivity index (χ1n) is 7.78.